The highest BCUT2D eigenvalue weighted by Crippen LogP contribution is 2.35. The maximum atomic E-state index is 11.7. The summed E-state index contributed by atoms with van der Waals surface area (Å²) in [5, 5.41) is 0. The molecule has 14 heavy (non-hydrogen) atoms. The maximum Gasteiger partial charge on any atom is 0.176 e. The Morgan fingerprint density at radius 3 is 3.00 bits per heavy atom. The van der Waals surface area contributed by atoms with Crippen LogP contribution in [0.5, 0.6) is 0 Å². The lowest BCUT2D eigenvalue weighted by atomic mass is 9.80. The minimum absolute atomic E-state index is 0.0377. The SMILES string of the molecule is O=CC1=COC2CC(Br)CCC2C1=O. The molecule has 0 aromatic heterocycles. The van der Waals surface area contributed by atoms with Crippen molar-refractivity contribution >= 4 is 28.0 Å². The summed E-state index contributed by atoms with van der Waals surface area (Å²) < 4.78 is 5.38. The van der Waals surface area contributed by atoms with Crippen molar-refractivity contribution in [2.45, 2.75) is 30.2 Å². The molecule has 0 radical (unpaired) electrons. The standard InChI is InChI=1S/C10H11BrO3/c11-7-1-2-8-9(3-7)14-5-6(4-12)10(8)13/h4-5,7-9H,1-3H2. The Hall–Kier alpha value is -0.640. The number of hydrogen-bond acceptors (Lipinski definition) is 3. The topological polar surface area (TPSA) is 43.4 Å². The second kappa shape index (κ2) is 3.85. The predicted molar refractivity (Wildman–Crippen MR) is 54.1 cm³/mol. The lowest BCUT2D eigenvalue weighted by Gasteiger charge is -2.35. The number of carbonyl (C=O) groups excluding carboxylic acids is 2. The molecule has 3 unspecified atom stereocenters. The van der Waals surface area contributed by atoms with Gasteiger partial charge in [0, 0.05) is 4.83 Å². The summed E-state index contributed by atoms with van der Waals surface area (Å²) in [5.41, 5.74) is 0.180. The fraction of sp³-hybridized carbons (Fsp3) is 0.600. The van der Waals surface area contributed by atoms with Crippen LogP contribution in [0.1, 0.15) is 19.3 Å². The normalized spacial score (nSPS) is 36.8. The molecule has 1 aliphatic carbocycles. The third kappa shape index (κ3) is 1.63. The number of carbonyl (C=O) groups is 2. The van der Waals surface area contributed by atoms with E-state index in [0.29, 0.717) is 11.1 Å². The Kier molecular flexibility index (Phi) is 2.72. The van der Waals surface area contributed by atoms with Crippen molar-refractivity contribution in [3.8, 4) is 0 Å². The average Bonchev–Trinajstić information content (AvgIpc) is 2.18. The number of halogens is 1. The predicted octanol–water partition coefficient (Wildman–Crippen LogP) is 1.60. The van der Waals surface area contributed by atoms with E-state index in [4.69, 9.17) is 4.74 Å². The van der Waals surface area contributed by atoms with E-state index in [0.717, 1.165) is 19.3 Å². The van der Waals surface area contributed by atoms with Gasteiger partial charge < -0.3 is 4.74 Å². The first-order valence-electron chi connectivity index (χ1n) is 4.71. The summed E-state index contributed by atoms with van der Waals surface area (Å²) in [6.45, 7) is 0. The minimum atomic E-state index is -0.103. The number of alkyl halides is 1. The van der Waals surface area contributed by atoms with Crippen LogP contribution in [0.4, 0.5) is 0 Å². The van der Waals surface area contributed by atoms with Gasteiger partial charge in [-0.15, -0.1) is 0 Å². The van der Waals surface area contributed by atoms with E-state index < -0.39 is 0 Å². The highest BCUT2D eigenvalue weighted by Gasteiger charge is 2.39. The van der Waals surface area contributed by atoms with Crippen LogP contribution >= 0.6 is 15.9 Å². The molecular formula is C10H11BrO3. The van der Waals surface area contributed by atoms with E-state index in [1.165, 1.54) is 6.26 Å². The molecule has 4 heteroatoms. The first-order chi connectivity index (χ1) is 6.72. The Morgan fingerprint density at radius 1 is 1.50 bits per heavy atom. The van der Waals surface area contributed by atoms with Gasteiger partial charge in [0.1, 0.15) is 6.10 Å². The molecule has 0 N–H and O–H groups in total. The second-order valence-corrected chi connectivity index (χ2v) is 5.04. The molecule has 3 nitrogen and oxygen atoms in total. The lowest BCUT2D eigenvalue weighted by molar-refractivity contribution is -0.128. The Balaban J connectivity index is 2.18. The quantitative estimate of drug-likeness (QED) is 0.408. The van der Waals surface area contributed by atoms with Crippen molar-refractivity contribution in [3.05, 3.63) is 11.8 Å². The molecule has 0 amide bonds. The summed E-state index contributed by atoms with van der Waals surface area (Å²) in [6.07, 6.45) is 4.48. The number of fused-ring (bicyclic) bond motifs is 1. The molecule has 1 saturated carbocycles. The largest absolute Gasteiger partial charge is 0.496 e. The number of aldehydes is 1. The molecule has 0 spiro atoms. The third-order valence-corrected chi connectivity index (χ3v) is 3.68. The van der Waals surface area contributed by atoms with E-state index in [2.05, 4.69) is 15.9 Å². The van der Waals surface area contributed by atoms with Gasteiger partial charge in [-0.3, -0.25) is 9.59 Å². The van der Waals surface area contributed by atoms with Gasteiger partial charge in [0.2, 0.25) is 0 Å². The molecule has 0 aromatic carbocycles. The van der Waals surface area contributed by atoms with E-state index in [1.54, 1.807) is 0 Å². The number of ketones is 1. The van der Waals surface area contributed by atoms with Crippen molar-refractivity contribution in [1.82, 2.24) is 0 Å². The van der Waals surface area contributed by atoms with Crippen LogP contribution in [0, 0.1) is 5.92 Å². The fourth-order valence-electron chi connectivity index (χ4n) is 2.05. The highest BCUT2D eigenvalue weighted by molar-refractivity contribution is 9.09. The summed E-state index contributed by atoms with van der Waals surface area (Å²) in [6, 6.07) is 0. The molecule has 0 bridgehead atoms. The zero-order chi connectivity index (χ0) is 10.1. The molecule has 2 aliphatic rings. The zero-order valence-electron chi connectivity index (χ0n) is 7.61. The average molecular weight is 259 g/mol. The number of ether oxygens (including phenoxy) is 1. The number of rotatable bonds is 1. The molecular weight excluding hydrogens is 248 g/mol. The Labute approximate surface area is 90.6 Å². The van der Waals surface area contributed by atoms with Gasteiger partial charge in [-0.1, -0.05) is 15.9 Å². The smallest absolute Gasteiger partial charge is 0.176 e. The first kappa shape index (κ1) is 9.90. The van der Waals surface area contributed by atoms with Gasteiger partial charge in [0.15, 0.2) is 12.1 Å². The van der Waals surface area contributed by atoms with E-state index in [1.807, 2.05) is 0 Å². The molecule has 76 valence electrons. The highest BCUT2D eigenvalue weighted by atomic mass is 79.9. The number of hydrogen-bond donors (Lipinski definition) is 0. The van der Waals surface area contributed by atoms with Crippen LogP contribution in [-0.4, -0.2) is 23.0 Å². The van der Waals surface area contributed by atoms with Crippen LogP contribution in [0.2, 0.25) is 0 Å². The summed E-state index contributed by atoms with van der Waals surface area (Å²) in [5.74, 6) is -0.148. The van der Waals surface area contributed by atoms with Gasteiger partial charge in [-0.05, 0) is 19.3 Å². The van der Waals surface area contributed by atoms with Gasteiger partial charge in [-0.25, -0.2) is 0 Å². The first-order valence-corrected chi connectivity index (χ1v) is 5.63. The fourth-order valence-corrected chi connectivity index (χ4v) is 2.68. The Morgan fingerprint density at radius 2 is 2.29 bits per heavy atom. The monoisotopic (exact) mass is 258 g/mol. The summed E-state index contributed by atoms with van der Waals surface area (Å²) in [7, 11) is 0. The molecule has 0 saturated heterocycles. The molecule has 3 atom stereocenters. The molecule has 1 aliphatic heterocycles. The van der Waals surface area contributed by atoms with Crippen molar-refractivity contribution in [3.63, 3.8) is 0 Å². The minimum Gasteiger partial charge on any atom is -0.496 e. The van der Waals surface area contributed by atoms with E-state index in [9.17, 15) is 9.59 Å². The van der Waals surface area contributed by atoms with Crippen LogP contribution < -0.4 is 0 Å². The summed E-state index contributed by atoms with van der Waals surface area (Å²) >= 11 is 3.52. The van der Waals surface area contributed by atoms with Gasteiger partial charge >= 0.3 is 0 Å². The van der Waals surface area contributed by atoms with E-state index >= 15 is 0 Å². The van der Waals surface area contributed by atoms with Crippen molar-refractivity contribution in [2.24, 2.45) is 5.92 Å². The lowest BCUT2D eigenvalue weighted by Crippen LogP contribution is -2.39. The third-order valence-electron chi connectivity index (χ3n) is 2.85. The summed E-state index contributed by atoms with van der Waals surface area (Å²) in [4.78, 5) is 22.7. The van der Waals surface area contributed by atoms with Crippen LogP contribution in [0.3, 0.4) is 0 Å². The van der Waals surface area contributed by atoms with Gasteiger partial charge in [0.25, 0.3) is 0 Å². The van der Waals surface area contributed by atoms with Crippen molar-refractivity contribution < 1.29 is 14.3 Å². The Bertz CT molecular complexity index is 298. The van der Waals surface area contributed by atoms with Crippen LogP contribution in [0.15, 0.2) is 11.8 Å². The van der Waals surface area contributed by atoms with Crippen LogP contribution in [0.25, 0.3) is 0 Å². The van der Waals surface area contributed by atoms with E-state index in [-0.39, 0.29) is 23.4 Å². The number of allylic oxidation sites excluding steroid dienone is 1. The number of Topliss-reactive ketones (excluding diaryl/α,β-unsaturated/α-hetero) is 1. The molecule has 1 heterocycles. The van der Waals surface area contributed by atoms with Crippen molar-refractivity contribution in [2.75, 3.05) is 0 Å². The molecule has 1 fully saturated rings. The maximum absolute atomic E-state index is 11.7. The zero-order valence-corrected chi connectivity index (χ0v) is 9.20. The van der Waals surface area contributed by atoms with Crippen LogP contribution in [-0.2, 0) is 14.3 Å². The molecule has 0 aromatic rings. The van der Waals surface area contributed by atoms with Gasteiger partial charge in [-0.2, -0.15) is 0 Å². The van der Waals surface area contributed by atoms with Gasteiger partial charge in [0.05, 0.1) is 17.8 Å². The second-order valence-electron chi connectivity index (χ2n) is 3.75. The van der Waals surface area contributed by atoms with Crippen molar-refractivity contribution in [1.29, 1.82) is 0 Å². The molecule has 2 rings (SSSR count).